The molecule has 1 aliphatic carbocycles. The molecule has 2 fully saturated rings. The summed E-state index contributed by atoms with van der Waals surface area (Å²) in [6, 6.07) is 21.9. The number of aromatic nitrogens is 1. The third kappa shape index (κ3) is 3.48. The van der Waals surface area contributed by atoms with E-state index in [-0.39, 0.29) is 6.04 Å². The summed E-state index contributed by atoms with van der Waals surface area (Å²) >= 11 is 0. The van der Waals surface area contributed by atoms with Gasteiger partial charge in [0.2, 0.25) is 5.89 Å². The Morgan fingerprint density at radius 2 is 1.73 bits per heavy atom. The molecular weight excluding hydrogens is 372 g/mol. The summed E-state index contributed by atoms with van der Waals surface area (Å²) in [6.07, 6.45) is 5.16. The topological polar surface area (TPSA) is 38.5 Å². The molecule has 1 aromatic heterocycles. The molecule has 0 amide bonds. The fourth-order valence-corrected chi connectivity index (χ4v) is 5.60. The van der Waals surface area contributed by atoms with Crippen molar-refractivity contribution < 1.29 is 9.15 Å². The van der Waals surface area contributed by atoms with Crippen molar-refractivity contribution in [1.82, 2.24) is 9.88 Å². The number of benzene rings is 2. The second-order valence-corrected chi connectivity index (χ2v) is 8.69. The number of oxazole rings is 1. The maximum atomic E-state index is 6.51. The van der Waals surface area contributed by atoms with E-state index < -0.39 is 0 Å². The predicted molar refractivity (Wildman–Crippen MR) is 119 cm³/mol. The number of methoxy groups -OCH3 is 1. The fourth-order valence-electron chi connectivity index (χ4n) is 5.60. The van der Waals surface area contributed by atoms with Gasteiger partial charge in [0, 0.05) is 30.3 Å². The van der Waals surface area contributed by atoms with Crippen LogP contribution < -0.4 is 0 Å². The van der Waals surface area contributed by atoms with Crippen LogP contribution >= 0.6 is 0 Å². The van der Waals surface area contributed by atoms with Crippen LogP contribution in [0, 0.1) is 5.92 Å². The van der Waals surface area contributed by atoms with Crippen LogP contribution in [0.5, 0.6) is 0 Å². The van der Waals surface area contributed by atoms with Crippen molar-refractivity contribution in [3.63, 3.8) is 0 Å². The number of hydrogen-bond donors (Lipinski definition) is 0. The van der Waals surface area contributed by atoms with Crippen molar-refractivity contribution in [2.45, 2.75) is 50.7 Å². The van der Waals surface area contributed by atoms with Gasteiger partial charge in [-0.3, -0.25) is 4.90 Å². The minimum atomic E-state index is 0.123. The van der Waals surface area contributed by atoms with E-state index in [1.165, 1.54) is 25.7 Å². The Labute approximate surface area is 178 Å². The first kappa shape index (κ1) is 19.5. The number of ether oxygens (including phenoxy) is 1. The molecule has 5 rings (SSSR count). The molecule has 4 heteroatoms. The van der Waals surface area contributed by atoms with Crippen LogP contribution in [0.1, 0.15) is 44.5 Å². The SMILES string of the molecule is COCC1CC2CCCC2N1C(C)c1nc(-c2ccccc2)c(-c2ccccc2)o1. The van der Waals surface area contributed by atoms with E-state index in [2.05, 4.69) is 48.2 Å². The first-order valence-corrected chi connectivity index (χ1v) is 11.1. The van der Waals surface area contributed by atoms with Crippen molar-refractivity contribution in [1.29, 1.82) is 0 Å². The molecule has 1 saturated heterocycles. The maximum Gasteiger partial charge on any atom is 0.212 e. The normalized spacial score (nSPS) is 24.8. The molecule has 2 heterocycles. The number of rotatable bonds is 6. The Kier molecular flexibility index (Phi) is 5.45. The second-order valence-electron chi connectivity index (χ2n) is 8.69. The van der Waals surface area contributed by atoms with Gasteiger partial charge in [0.05, 0.1) is 12.6 Å². The highest BCUT2D eigenvalue weighted by molar-refractivity contribution is 5.76. The highest BCUT2D eigenvalue weighted by Gasteiger charge is 2.46. The first-order valence-electron chi connectivity index (χ1n) is 11.1. The van der Waals surface area contributed by atoms with Gasteiger partial charge >= 0.3 is 0 Å². The van der Waals surface area contributed by atoms with E-state index in [0.717, 1.165) is 41.0 Å². The Morgan fingerprint density at radius 3 is 2.43 bits per heavy atom. The summed E-state index contributed by atoms with van der Waals surface area (Å²) in [6.45, 7) is 3.02. The standard InChI is InChI=1S/C26H30N2O2/c1-18(28-22(17-29-2)16-21-14-9-15-23(21)28)26-27-24(19-10-5-3-6-11-19)25(30-26)20-12-7-4-8-13-20/h3-8,10-13,18,21-23H,9,14-17H2,1-2H3. The van der Waals surface area contributed by atoms with Crippen LogP contribution in [0.25, 0.3) is 22.6 Å². The minimum Gasteiger partial charge on any atom is -0.438 e. The van der Waals surface area contributed by atoms with Crippen molar-refractivity contribution in [2.75, 3.05) is 13.7 Å². The van der Waals surface area contributed by atoms with Crippen molar-refractivity contribution in [2.24, 2.45) is 5.92 Å². The van der Waals surface area contributed by atoms with E-state index in [4.69, 9.17) is 14.1 Å². The van der Waals surface area contributed by atoms with Crippen LogP contribution in [0.3, 0.4) is 0 Å². The fraction of sp³-hybridized carbons (Fsp3) is 0.423. The summed E-state index contributed by atoms with van der Waals surface area (Å²) in [5, 5.41) is 0. The molecule has 3 aromatic rings. The van der Waals surface area contributed by atoms with Gasteiger partial charge in [0.1, 0.15) is 5.69 Å². The van der Waals surface area contributed by atoms with Gasteiger partial charge in [-0.25, -0.2) is 4.98 Å². The molecule has 30 heavy (non-hydrogen) atoms. The number of hydrogen-bond acceptors (Lipinski definition) is 4. The van der Waals surface area contributed by atoms with E-state index in [0.29, 0.717) is 12.1 Å². The van der Waals surface area contributed by atoms with Crippen molar-refractivity contribution >= 4 is 0 Å². The number of nitrogens with zero attached hydrogens (tertiary/aromatic N) is 2. The van der Waals surface area contributed by atoms with Crippen molar-refractivity contribution in [3.8, 4) is 22.6 Å². The average Bonchev–Trinajstić information content (AvgIpc) is 3.49. The van der Waals surface area contributed by atoms with Gasteiger partial charge in [-0.15, -0.1) is 0 Å². The van der Waals surface area contributed by atoms with Crippen LogP contribution in [-0.4, -0.2) is 35.7 Å². The molecule has 0 N–H and O–H groups in total. The molecule has 4 atom stereocenters. The molecule has 4 unspecified atom stereocenters. The molecule has 1 saturated carbocycles. The molecule has 2 aliphatic rings. The Bertz CT molecular complexity index is 912. The lowest BCUT2D eigenvalue weighted by Gasteiger charge is -2.33. The molecular formula is C26H30N2O2. The molecule has 0 bridgehead atoms. The summed E-state index contributed by atoms with van der Waals surface area (Å²) < 4.78 is 12.1. The third-order valence-electron chi connectivity index (χ3n) is 6.89. The second kappa shape index (κ2) is 8.37. The smallest absolute Gasteiger partial charge is 0.212 e. The van der Waals surface area contributed by atoms with Crippen LogP contribution in [0.2, 0.25) is 0 Å². The Hall–Kier alpha value is -2.43. The van der Waals surface area contributed by atoms with E-state index in [1.54, 1.807) is 0 Å². The molecule has 156 valence electrons. The van der Waals surface area contributed by atoms with Crippen LogP contribution in [0.4, 0.5) is 0 Å². The quantitative estimate of drug-likeness (QED) is 0.510. The third-order valence-corrected chi connectivity index (χ3v) is 6.89. The lowest BCUT2D eigenvalue weighted by Crippen LogP contribution is -2.40. The lowest BCUT2D eigenvalue weighted by atomic mass is 10.0. The van der Waals surface area contributed by atoms with Gasteiger partial charge in [0.25, 0.3) is 0 Å². The van der Waals surface area contributed by atoms with E-state index >= 15 is 0 Å². The Balaban J connectivity index is 1.55. The van der Waals surface area contributed by atoms with Crippen molar-refractivity contribution in [3.05, 3.63) is 66.6 Å². The van der Waals surface area contributed by atoms with Gasteiger partial charge in [-0.1, -0.05) is 67.1 Å². The molecule has 0 spiro atoms. The van der Waals surface area contributed by atoms with Gasteiger partial charge in [-0.2, -0.15) is 0 Å². The van der Waals surface area contributed by atoms with Gasteiger partial charge in [-0.05, 0) is 32.1 Å². The number of fused-ring (bicyclic) bond motifs is 1. The van der Waals surface area contributed by atoms with Crippen LogP contribution in [0.15, 0.2) is 65.1 Å². The zero-order chi connectivity index (χ0) is 20.5. The minimum absolute atomic E-state index is 0.123. The predicted octanol–water partition coefficient (Wildman–Crippen LogP) is 5.96. The monoisotopic (exact) mass is 402 g/mol. The average molecular weight is 403 g/mol. The summed E-state index contributed by atoms with van der Waals surface area (Å²) in [5.74, 6) is 2.44. The van der Waals surface area contributed by atoms with Gasteiger partial charge < -0.3 is 9.15 Å². The van der Waals surface area contributed by atoms with E-state index in [1.807, 2.05) is 31.4 Å². The first-order chi connectivity index (χ1) is 14.8. The summed E-state index contributed by atoms with van der Waals surface area (Å²) in [4.78, 5) is 7.70. The lowest BCUT2D eigenvalue weighted by molar-refractivity contribution is 0.0590. The van der Waals surface area contributed by atoms with E-state index in [9.17, 15) is 0 Å². The maximum absolute atomic E-state index is 6.51. The highest BCUT2D eigenvalue weighted by atomic mass is 16.5. The van der Waals surface area contributed by atoms with Crippen LogP contribution in [-0.2, 0) is 4.74 Å². The van der Waals surface area contributed by atoms with Gasteiger partial charge in [0.15, 0.2) is 5.76 Å². The summed E-state index contributed by atoms with van der Waals surface area (Å²) in [7, 11) is 1.81. The Morgan fingerprint density at radius 1 is 1.03 bits per heavy atom. The zero-order valence-electron chi connectivity index (χ0n) is 17.8. The molecule has 2 aromatic carbocycles. The zero-order valence-corrected chi connectivity index (χ0v) is 17.8. The molecule has 0 radical (unpaired) electrons. The number of likely N-dealkylation sites (tertiary alicyclic amines) is 1. The molecule has 4 nitrogen and oxygen atoms in total. The summed E-state index contributed by atoms with van der Waals surface area (Å²) in [5.41, 5.74) is 3.08. The highest BCUT2D eigenvalue weighted by Crippen LogP contribution is 2.46. The largest absolute Gasteiger partial charge is 0.438 e. The molecule has 1 aliphatic heterocycles.